The number of hydrogen-bond acceptors (Lipinski definition) is 3. The molecule has 1 N–H and O–H groups in total. The highest BCUT2D eigenvalue weighted by atomic mass is 32.2. The van der Waals surface area contributed by atoms with Crippen molar-refractivity contribution in [3.8, 4) is 0 Å². The summed E-state index contributed by atoms with van der Waals surface area (Å²) in [5, 5.41) is 2.07. The predicted octanol–water partition coefficient (Wildman–Crippen LogP) is 2.75. The van der Waals surface area contributed by atoms with Gasteiger partial charge in [-0.3, -0.25) is 0 Å². The second-order valence-corrected chi connectivity index (χ2v) is 7.85. The number of hydrogen-bond donors (Lipinski definition) is 1. The molecule has 1 aromatic rings. The molecular formula is C14H17F3N2O3S. The summed E-state index contributed by atoms with van der Waals surface area (Å²) in [6.07, 6.45) is -2.52. The molecule has 1 fully saturated rings. The minimum atomic E-state index is -4.42. The third kappa shape index (κ3) is 4.60. The Morgan fingerprint density at radius 3 is 2.13 bits per heavy atom. The number of alkyl halides is 3. The molecule has 0 radical (unpaired) electrons. The third-order valence-electron chi connectivity index (χ3n) is 3.80. The fraction of sp³-hybridized carbons (Fsp3) is 0.500. The number of urea groups is 1. The Kier molecular flexibility index (Phi) is 4.88. The molecule has 0 aromatic heterocycles. The van der Waals surface area contributed by atoms with Crippen LogP contribution < -0.4 is 5.32 Å². The van der Waals surface area contributed by atoms with Crippen LogP contribution in [-0.2, 0) is 16.0 Å². The lowest BCUT2D eigenvalue weighted by molar-refractivity contribution is -0.137. The van der Waals surface area contributed by atoms with Gasteiger partial charge in [-0.15, -0.1) is 0 Å². The van der Waals surface area contributed by atoms with E-state index in [1.54, 1.807) is 0 Å². The van der Waals surface area contributed by atoms with Crippen LogP contribution in [0.5, 0.6) is 0 Å². The van der Waals surface area contributed by atoms with Crippen LogP contribution in [0.25, 0.3) is 0 Å². The molecule has 0 saturated carbocycles. The molecule has 0 unspecified atom stereocenters. The van der Waals surface area contributed by atoms with Crippen LogP contribution in [0.1, 0.15) is 18.4 Å². The van der Waals surface area contributed by atoms with E-state index in [1.807, 2.05) is 0 Å². The van der Waals surface area contributed by atoms with Crippen molar-refractivity contribution in [2.45, 2.75) is 24.3 Å². The topological polar surface area (TPSA) is 66.5 Å². The van der Waals surface area contributed by atoms with E-state index in [4.69, 9.17) is 0 Å². The summed E-state index contributed by atoms with van der Waals surface area (Å²) in [4.78, 5) is 13.5. The lowest BCUT2D eigenvalue weighted by atomic mass is 10.1. The van der Waals surface area contributed by atoms with Gasteiger partial charge in [-0.05, 0) is 37.1 Å². The molecule has 128 valence electrons. The second kappa shape index (κ2) is 6.38. The van der Waals surface area contributed by atoms with Gasteiger partial charge in [0.1, 0.15) is 9.84 Å². The van der Waals surface area contributed by atoms with Crippen LogP contribution >= 0.6 is 0 Å². The van der Waals surface area contributed by atoms with Crippen LogP contribution in [-0.4, -0.2) is 43.9 Å². The number of carbonyl (C=O) groups excluding carboxylic acids is 1. The number of likely N-dealkylation sites (tertiary alicyclic amines) is 1. The lowest BCUT2D eigenvalue weighted by Gasteiger charge is -2.31. The smallest absolute Gasteiger partial charge is 0.324 e. The van der Waals surface area contributed by atoms with E-state index in [2.05, 4.69) is 5.32 Å². The van der Waals surface area contributed by atoms with E-state index in [-0.39, 0.29) is 5.69 Å². The fourth-order valence-electron chi connectivity index (χ4n) is 2.43. The molecule has 23 heavy (non-hydrogen) atoms. The van der Waals surface area contributed by atoms with Crippen molar-refractivity contribution in [1.29, 1.82) is 0 Å². The molecule has 9 heteroatoms. The highest BCUT2D eigenvalue weighted by molar-refractivity contribution is 7.91. The van der Waals surface area contributed by atoms with Gasteiger partial charge in [-0.1, -0.05) is 0 Å². The van der Waals surface area contributed by atoms with Crippen molar-refractivity contribution in [3.05, 3.63) is 29.8 Å². The number of halogens is 3. The molecule has 1 saturated heterocycles. The molecule has 0 aliphatic carbocycles. The molecule has 1 aromatic carbocycles. The first kappa shape index (κ1) is 17.6. The number of rotatable bonds is 2. The number of nitrogens with one attached hydrogen (secondary N) is 1. The molecule has 0 atom stereocenters. The summed E-state index contributed by atoms with van der Waals surface area (Å²) < 4.78 is 60.3. The maximum Gasteiger partial charge on any atom is 0.416 e. The van der Waals surface area contributed by atoms with Gasteiger partial charge in [-0.2, -0.15) is 13.2 Å². The highest BCUT2D eigenvalue weighted by Gasteiger charge is 2.31. The van der Waals surface area contributed by atoms with Crippen molar-refractivity contribution in [1.82, 2.24) is 4.90 Å². The van der Waals surface area contributed by atoms with Crippen LogP contribution in [0, 0.1) is 0 Å². The van der Waals surface area contributed by atoms with Gasteiger partial charge in [0.05, 0.1) is 10.8 Å². The number of piperidine rings is 1. The van der Waals surface area contributed by atoms with Gasteiger partial charge in [0.25, 0.3) is 0 Å². The maximum atomic E-state index is 12.5. The molecule has 0 spiro atoms. The summed E-state index contributed by atoms with van der Waals surface area (Å²) in [5.74, 6) is 0. The van der Waals surface area contributed by atoms with E-state index in [9.17, 15) is 26.4 Å². The third-order valence-corrected chi connectivity index (χ3v) is 5.48. The standard InChI is InChI=1S/C14H17F3N2O3S/c1-23(21,22)12-6-8-19(9-7-12)13(20)18-11-4-2-10(3-5-11)14(15,16)17/h2-5,12H,6-9H2,1H3,(H,18,20). The van der Waals surface area contributed by atoms with Crippen LogP contribution in [0.2, 0.25) is 0 Å². The van der Waals surface area contributed by atoms with E-state index in [1.165, 1.54) is 23.3 Å². The SMILES string of the molecule is CS(=O)(=O)C1CCN(C(=O)Nc2ccc(C(F)(F)F)cc2)CC1. The monoisotopic (exact) mass is 350 g/mol. The van der Waals surface area contributed by atoms with Gasteiger partial charge in [-0.25, -0.2) is 13.2 Å². The predicted molar refractivity (Wildman–Crippen MR) is 79.9 cm³/mol. The quantitative estimate of drug-likeness (QED) is 0.892. The Labute approximate surface area is 132 Å². The number of nitrogens with zero attached hydrogens (tertiary/aromatic N) is 1. The molecule has 1 heterocycles. The first-order valence-corrected chi connectivity index (χ1v) is 8.95. The van der Waals surface area contributed by atoms with Gasteiger partial charge in [0.15, 0.2) is 0 Å². The van der Waals surface area contributed by atoms with Gasteiger partial charge >= 0.3 is 12.2 Å². The van der Waals surface area contributed by atoms with E-state index in [0.717, 1.165) is 12.1 Å². The molecule has 2 amide bonds. The summed E-state index contributed by atoms with van der Waals surface area (Å²) in [7, 11) is -3.12. The summed E-state index contributed by atoms with van der Waals surface area (Å²) >= 11 is 0. The zero-order chi connectivity index (χ0) is 17.3. The largest absolute Gasteiger partial charge is 0.416 e. The van der Waals surface area contributed by atoms with Crippen LogP contribution in [0.3, 0.4) is 0 Å². The minimum Gasteiger partial charge on any atom is -0.324 e. The average Bonchev–Trinajstić information content (AvgIpc) is 2.46. The summed E-state index contributed by atoms with van der Waals surface area (Å²) in [6.45, 7) is 0.592. The second-order valence-electron chi connectivity index (χ2n) is 5.52. The van der Waals surface area contributed by atoms with E-state index < -0.39 is 32.9 Å². The summed E-state index contributed by atoms with van der Waals surface area (Å²) in [5.41, 5.74) is -0.530. The van der Waals surface area contributed by atoms with E-state index >= 15 is 0 Å². The number of carbonyl (C=O) groups is 1. The van der Waals surface area contributed by atoms with Crippen molar-refractivity contribution >= 4 is 21.6 Å². The van der Waals surface area contributed by atoms with Crippen molar-refractivity contribution < 1.29 is 26.4 Å². The molecule has 1 aliphatic rings. The number of benzene rings is 1. The maximum absolute atomic E-state index is 12.5. The fourth-order valence-corrected chi connectivity index (χ4v) is 3.50. The average molecular weight is 350 g/mol. The van der Waals surface area contributed by atoms with Crippen molar-refractivity contribution in [3.63, 3.8) is 0 Å². The zero-order valence-corrected chi connectivity index (χ0v) is 13.2. The Bertz CT molecular complexity index is 664. The molecule has 2 rings (SSSR count). The molecular weight excluding hydrogens is 333 g/mol. The van der Waals surface area contributed by atoms with Crippen LogP contribution in [0.15, 0.2) is 24.3 Å². The number of sulfone groups is 1. The van der Waals surface area contributed by atoms with Gasteiger partial charge < -0.3 is 10.2 Å². The first-order chi connectivity index (χ1) is 10.6. The van der Waals surface area contributed by atoms with E-state index in [0.29, 0.717) is 25.9 Å². The lowest BCUT2D eigenvalue weighted by Crippen LogP contribution is -2.44. The Morgan fingerprint density at radius 1 is 1.17 bits per heavy atom. The van der Waals surface area contributed by atoms with Crippen molar-refractivity contribution in [2.75, 3.05) is 24.7 Å². The molecule has 1 aliphatic heterocycles. The molecule has 5 nitrogen and oxygen atoms in total. The van der Waals surface area contributed by atoms with Crippen molar-refractivity contribution in [2.24, 2.45) is 0 Å². The molecule has 0 bridgehead atoms. The van der Waals surface area contributed by atoms with Gasteiger partial charge in [0.2, 0.25) is 0 Å². The first-order valence-electron chi connectivity index (χ1n) is 6.99. The highest BCUT2D eigenvalue weighted by Crippen LogP contribution is 2.30. The van der Waals surface area contributed by atoms with Gasteiger partial charge in [0, 0.05) is 25.0 Å². The normalized spacial score (nSPS) is 17.1. The Hall–Kier alpha value is -1.77. The number of anilines is 1. The Balaban J connectivity index is 1.93. The minimum absolute atomic E-state index is 0.258. The summed E-state index contributed by atoms with van der Waals surface area (Å²) in [6, 6.07) is 3.71. The number of amides is 2. The van der Waals surface area contributed by atoms with Crippen LogP contribution in [0.4, 0.5) is 23.7 Å². The Morgan fingerprint density at radius 2 is 1.70 bits per heavy atom. The zero-order valence-electron chi connectivity index (χ0n) is 12.4.